The summed E-state index contributed by atoms with van der Waals surface area (Å²) in [4.78, 5) is 14.8. The highest BCUT2D eigenvalue weighted by Gasteiger charge is 2.20. The van der Waals surface area contributed by atoms with Gasteiger partial charge >= 0.3 is 5.97 Å². The Balaban J connectivity index is 2.08. The minimum Gasteiger partial charge on any atom is -0.476 e. The van der Waals surface area contributed by atoms with Crippen molar-refractivity contribution >= 4 is 22.3 Å². The van der Waals surface area contributed by atoms with Crippen LogP contribution in [0.15, 0.2) is 0 Å². The van der Waals surface area contributed by atoms with Crippen molar-refractivity contribution in [3.05, 3.63) is 10.7 Å². The Morgan fingerprint density at radius 1 is 1.53 bits per heavy atom. The standard InChI is InChI=1S/C10H14N2O2S/c11-9-8(10(13)14)12-7(15-9)5-6-3-1-2-4-6/h6H,1-5,11H2,(H,13,14). The number of thiazole rings is 1. The average molecular weight is 226 g/mol. The van der Waals surface area contributed by atoms with Gasteiger partial charge in [0.1, 0.15) is 5.00 Å². The van der Waals surface area contributed by atoms with Crippen LogP contribution in [-0.2, 0) is 6.42 Å². The van der Waals surface area contributed by atoms with E-state index < -0.39 is 5.97 Å². The second kappa shape index (κ2) is 4.18. The third kappa shape index (κ3) is 2.28. The summed E-state index contributed by atoms with van der Waals surface area (Å²) in [5, 5.41) is 10.0. The fourth-order valence-corrected chi connectivity index (χ4v) is 3.02. The number of aromatic nitrogens is 1. The van der Waals surface area contributed by atoms with Gasteiger partial charge < -0.3 is 10.8 Å². The number of carbonyl (C=O) groups is 1. The maximum atomic E-state index is 10.7. The minimum absolute atomic E-state index is 0.0213. The third-order valence-electron chi connectivity index (χ3n) is 2.84. The zero-order valence-corrected chi connectivity index (χ0v) is 9.22. The van der Waals surface area contributed by atoms with E-state index in [-0.39, 0.29) is 5.69 Å². The molecule has 15 heavy (non-hydrogen) atoms. The summed E-state index contributed by atoms with van der Waals surface area (Å²) < 4.78 is 0. The molecule has 1 aromatic heterocycles. The molecule has 2 rings (SSSR count). The van der Waals surface area contributed by atoms with Crippen LogP contribution in [0.3, 0.4) is 0 Å². The molecule has 1 aliphatic rings. The maximum Gasteiger partial charge on any atom is 0.357 e. The van der Waals surface area contributed by atoms with Crippen LogP contribution in [0.1, 0.15) is 41.2 Å². The van der Waals surface area contributed by atoms with Crippen LogP contribution in [-0.4, -0.2) is 16.1 Å². The van der Waals surface area contributed by atoms with Crippen LogP contribution in [0.4, 0.5) is 5.00 Å². The number of hydrogen-bond acceptors (Lipinski definition) is 4. The number of nitrogen functional groups attached to an aromatic ring is 1. The lowest BCUT2D eigenvalue weighted by molar-refractivity contribution is 0.0692. The molecule has 0 unspecified atom stereocenters. The van der Waals surface area contributed by atoms with Gasteiger partial charge in [-0.1, -0.05) is 25.7 Å². The molecule has 0 aliphatic heterocycles. The van der Waals surface area contributed by atoms with Gasteiger partial charge in [-0.2, -0.15) is 0 Å². The van der Waals surface area contributed by atoms with E-state index in [4.69, 9.17) is 10.8 Å². The molecule has 1 aromatic rings. The van der Waals surface area contributed by atoms with Crippen LogP contribution in [0.2, 0.25) is 0 Å². The number of hydrogen-bond donors (Lipinski definition) is 2. The van der Waals surface area contributed by atoms with E-state index in [2.05, 4.69) is 4.98 Å². The molecule has 0 radical (unpaired) electrons. The molecule has 0 bridgehead atoms. The topological polar surface area (TPSA) is 76.2 Å². The van der Waals surface area contributed by atoms with Crippen LogP contribution in [0, 0.1) is 5.92 Å². The first-order valence-corrected chi connectivity index (χ1v) is 5.97. The van der Waals surface area contributed by atoms with Crippen LogP contribution < -0.4 is 5.73 Å². The first-order chi connectivity index (χ1) is 7.16. The molecule has 1 heterocycles. The summed E-state index contributed by atoms with van der Waals surface area (Å²) in [7, 11) is 0. The zero-order chi connectivity index (χ0) is 10.8. The number of nitrogens with two attached hydrogens (primary N) is 1. The Kier molecular flexibility index (Phi) is 2.90. The predicted octanol–water partition coefficient (Wildman–Crippen LogP) is 2.16. The van der Waals surface area contributed by atoms with E-state index in [1.54, 1.807) is 0 Å². The van der Waals surface area contributed by atoms with Gasteiger partial charge in [-0.25, -0.2) is 9.78 Å². The van der Waals surface area contributed by atoms with Gasteiger partial charge in [0.2, 0.25) is 0 Å². The summed E-state index contributed by atoms with van der Waals surface area (Å²) in [6.45, 7) is 0. The Morgan fingerprint density at radius 3 is 2.73 bits per heavy atom. The van der Waals surface area contributed by atoms with Crippen molar-refractivity contribution in [1.82, 2.24) is 4.98 Å². The van der Waals surface area contributed by atoms with Crippen LogP contribution in [0.5, 0.6) is 0 Å². The smallest absolute Gasteiger partial charge is 0.357 e. The highest BCUT2D eigenvalue weighted by Crippen LogP contribution is 2.31. The van der Waals surface area contributed by atoms with Gasteiger partial charge in [-0.15, -0.1) is 11.3 Å². The van der Waals surface area contributed by atoms with Gasteiger partial charge in [0.05, 0.1) is 5.01 Å². The van der Waals surface area contributed by atoms with E-state index in [1.165, 1.54) is 37.0 Å². The van der Waals surface area contributed by atoms with Crippen molar-refractivity contribution in [1.29, 1.82) is 0 Å². The summed E-state index contributed by atoms with van der Waals surface area (Å²) in [6.07, 6.45) is 5.94. The van der Waals surface area contributed by atoms with Crippen molar-refractivity contribution in [3.8, 4) is 0 Å². The van der Waals surface area contributed by atoms with Gasteiger partial charge in [-0.3, -0.25) is 0 Å². The Hall–Kier alpha value is -1.10. The molecular formula is C10H14N2O2S. The Morgan fingerprint density at radius 2 is 2.20 bits per heavy atom. The summed E-state index contributed by atoms with van der Waals surface area (Å²) in [5.74, 6) is -0.349. The van der Waals surface area contributed by atoms with E-state index in [9.17, 15) is 4.79 Å². The van der Waals surface area contributed by atoms with E-state index >= 15 is 0 Å². The first kappa shape index (κ1) is 10.4. The van der Waals surface area contributed by atoms with E-state index in [1.807, 2.05) is 0 Å². The molecule has 1 saturated carbocycles. The fraction of sp³-hybridized carbons (Fsp3) is 0.600. The molecular weight excluding hydrogens is 212 g/mol. The molecule has 0 atom stereocenters. The molecule has 0 aromatic carbocycles. The van der Waals surface area contributed by atoms with Gasteiger partial charge in [0.25, 0.3) is 0 Å². The van der Waals surface area contributed by atoms with Crippen LogP contribution in [0.25, 0.3) is 0 Å². The number of rotatable bonds is 3. The highest BCUT2D eigenvalue weighted by atomic mass is 32.1. The molecule has 1 fully saturated rings. The lowest BCUT2D eigenvalue weighted by Crippen LogP contribution is -2.02. The molecule has 5 heteroatoms. The maximum absolute atomic E-state index is 10.7. The third-order valence-corrected chi connectivity index (χ3v) is 3.75. The monoisotopic (exact) mass is 226 g/mol. The second-order valence-corrected chi connectivity index (χ2v) is 5.10. The quantitative estimate of drug-likeness (QED) is 0.828. The SMILES string of the molecule is Nc1sc(CC2CCCC2)nc1C(=O)O. The first-order valence-electron chi connectivity index (χ1n) is 5.15. The van der Waals surface area contributed by atoms with Crippen molar-refractivity contribution in [2.75, 3.05) is 5.73 Å². The Bertz CT molecular complexity index is 369. The van der Waals surface area contributed by atoms with E-state index in [0.717, 1.165) is 11.4 Å². The zero-order valence-electron chi connectivity index (χ0n) is 8.40. The number of nitrogens with zero attached hydrogens (tertiary/aromatic N) is 1. The van der Waals surface area contributed by atoms with Gasteiger partial charge in [0.15, 0.2) is 5.69 Å². The van der Waals surface area contributed by atoms with Gasteiger partial charge in [-0.05, 0) is 5.92 Å². The minimum atomic E-state index is -1.03. The summed E-state index contributed by atoms with van der Waals surface area (Å²) in [6, 6.07) is 0. The Labute approximate surface area is 92.1 Å². The van der Waals surface area contributed by atoms with Crippen LogP contribution >= 0.6 is 11.3 Å². The van der Waals surface area contributed by atoms with Crippen molar-refractivity contribution in [2.45, 2.75) is 32.1 Å². The molecule has 0 saturated heterocycles. The molecule has 0 spiro atoms. The molecule has 82 valence electrons. The van der Waals surface area contributed by atoms with E-state index in [0.29, 0.717) is 10.9 Å². The summed E-state index contributed by atoms with van der Waals surface area (Å²) in [5.41, 5.74) is 5.61. The lowest BCUT2D eigenvalue weighted by atomic mass is 10.1. The number of carboxylic acids is 1. The molecule has 4 nitrogen and oxygen atoms in total. The number of anilines is 1. The largest absolute Gasteiger partial charge is 0.476 e. The van der Waals surface area contributed by atoms with Gasteiger partial charge in [0, 0.05) is 6.42 Å². The van der Waals surface area contributed by atoms with Crippen molar-refractivity contribution in [2.24, 2.45) is 5.92 Å². The normalized spacial score (nSPS) is 17.1. The lowest BCUT2D eigenvalue weighted by Gasteiger charge is -2.04. The molecule has 3 N–H and O–H groups in total. The molecule has 1 aliphatic carbocycles. The fourth-order valence-electron chi connectivity index (χ4n) is 2.08. The second-order valence-electron chi connectivity index (χ2n) is 3.98. The predicted molar refractivity (Wildman–Crippen MR) is 59.1 cm³/mol. The van der Waals surface area contributed by atoms with Crippen molar-refractivity contribution in [3.63, 3.8) is 0 Å². The highest BCUT2D eigenvalue weighted by molar-refractivity contribution is 7.15. The summed E-state index contributed by atoms with van der Waals surface area (Å²) >= 11 is 1.32. The van der Waals surface area contributed by atoms with Crippen molar-refractivity contribution < 1.29 is 9.90 Å². The molecule has 0 amide bonds. The number of aromatic carboxylic acids is 1. The number of carboxylic acid groups (broad SMARTS) is 1. The average Bonchev–Trinajstić information content (AvgIpc) is 2.75.